The van der Waals surface area contributed by atoms with Gasteiger partial charge in [0.2, 0.25) is 0 Å². The molecule has 3 atom stereocenters. The fourth-order valence-electron chi connectivity index (χ4n) is 3.42. The fourth-order valence-corrected chi connectivity index (χ4v) is 5.52. The van der Waals surface area contributed by atoms with Crippen molar-refractivity contribution < 1.29 is 4.74 Å². The highest BCUT2D eigenvalue weighted by Gasteiger charge is 2.42. The normalized spacial score (nSPS) is 31.6. The fraction of sp³-hybridized carbons (Fsp3) is 0.600. The Kier molecular flexibility index (Phi) is 4.92. The highest BCUT2D eigenvalue weighted by molar-refractivity contribution is 14.1. The van der Waals surface area contributed by atoms with Gasteiger partial charge in [0.25, 0.3) is 0 Å². The summed E-state index contributed by atoms with van der Waals surface area (Å²) in [5.41, 5.74) is 4.50. The van der Waals surface area contributed by atoms with E-state index in [-0.39, 0.29) is 11.6 Å². The SMILES string of the molecule is NNC(c1ccccc1I)C1CCOC2(CCSC2)C1. The van der Waals surface area contributed by atoms with Crippen LogP contribution in [0.2, 0.25) is 0 Å². The van der Waals surface area contributed by atoms with E-state index >= 15 is 0 Å². The van der Waals surface area contributed by atoms with Crippen molar-refractivity contribution in [1.29, 1.82) is 0 Å². The van der Waals surface area contributed by atoms with Gasteiger partial charge < -0.3 is 4.74 Å². The number of rotatable bonds is 3. The third-order valence-electron chi connectivity index (χ3n) is 4.49. The summed E-state index contributed by atoms with van der Waals surface area (Å²) < 4.78 is 7.41. The van der Waals surface area contributed by atoms with Gasteiger partial charge in [0.15, 0.2) is 0 Å². The van der Waals surface area contributed by atoms with Crippen molar-refractivity contribution in [2.45, 2.75) is 30.9 Å². The summed E-state index contributed by atoms with van der Waals surface area (Å²) in [6, 6.07) is 8.76. The lowest BCUT2D eigenvalue weighted by Gasteiger charge is -2.41. The molecule has 0 saturated carbocycles. The zero-order valence-corrected chi connectivity index (χ0v) is 14.5. The van der Waals surface area contributed by atoms with E-state index < -0.39 is 0 Å². The average molecular weight is 404 g/mol. The molecule has 110 valence electrons. The number of nitrogens with one attached hydrogen (secondary N) is 1. The second kappa shape index (κ2) is 6.52. The summed E-state index contributed by atoms with van der Waals surface area (Å²) in [4.78, 5) is 0. The molecule has 2 aliphatic heterocycles. The number of benzene rings is 1. The maximum absolute atomic E-state index is 6.13. The molecule has 0 aliphatic carbocycles. The number of hydrogen-bond acceptors (Lipinski definition) is 4. The van der Waals surface area contributed by atoms with Gasteiger partial charge in [0.05, 0.1) is 11.6 Å². The van der Waals surface area contributed by atoms with E-state index in [0.29, 0.717) is 5.92 Å². The smallest absolute Gasteiger partial charge is 0.0783 e. The molecule has 2 fully saturated rings. The molecule has 0 radical (unpaired) electrons. The highest BCUT2D eigenvalue weighted by atomic mass is 127. The Hall–Kier alpha value is 0.180. The molecule has 3 nitrogen and oxygen atoms in total. The van der Waals surface area contributed by atoms with Crippen LogP contribution in [0.5, 0.6) is 0 Å². The van der Waals surface area contributed by atoms with E-state index in [4.69, 9.17) is 10.6 Å². The van der Waals surface area contributed by atoms with Gasteiger partial charge in [-0.05, 0) is 65.2 Å². The van der Waals surface area contributed by atoms with Crippen LogP contribution in [-0.2, 0) is 4.74 Å². The van der Waals surface area contributed by atoms with Crippen molar-refractivity contribution in [3.05, 3.63) is 33.4 Å². The van der Waals surface area contributed by atoms with Crippen molar-refractivity contribution in [2.75, 3.05) is 18.1 Å². The number of nitrogens with two attached hydrogens (primary N) is 1. The molecule has 5 heteroatoms. The van der Waals surface area contributed by atoms with Crippen molar-refractivity contribution in [3.8, 4) is 0 Å². The van der Waals surface area contributed by atoms with Gasteiger partial charge in [-0.1, -0.05) is 18.2 Å². The molecule has 0 bridgehead atoms. The quantitative estimate of drug-likeness (QED) is 0.462. The Balaban J connectivity index is 1.81. The van der Waals surface area contributed by atoms with Gasteiger partial charge >= 0.3 is 0 Å². The molecule has 20 heavy (non-hydrogen) atoms. The first kappa shape index (κ1) is 15.1. The Bertz CT molecular complexity index is 465. The molecule has 3 N–H and O–H groups in total. The van der Waals surface area contributed by atoms with Crippen LogP contribution in [0.25, 0.3) is 0 Å². The van der Waals surface area contributed by atoms with Crippen molar-refractivity contribution in [3.63, 3.8) is 0 Å². The molecule has 3 unspecified atom stereocenters. The number of hydrazine groups is 1. The minimum absolute atomic E-state index is 0.114. The zero-order valence-electron chi connectivity index (χ0n) is 11.5. The van der Waals surface area contributed by atoms with Crippen LogP contribution < -0.4 is 11.3 Å². The summed E-state index contributed by atoms with van der Waals surface area (Å²) in [7, 11) is 0. The van der Waals surface area contributed by atoms with Crippen LogP contribution in [0.4, 0.5) is 0 Å². The first-order valence-corrected chi connectivity index (χ1v) is 9.40. The lowest BCUT2D eigenvalue weighted by Crippen LogP contribution is -2.45. The molecular formula is C15H21IN2OS. The zero-order chi connectivity index (χ0) is 14.0. The summed E-state index contributed by atoms with van der Waals surface area (Å²) in [6.45, 7) is 0.868. The Morgan fingerprint density at radius 2 is 2.30 bits per heavy atom. The Morgan fingerprint density at radius 3 is 3.00 bits per heavy atom. The molecule has 0 aromatic heterocycles. The molecule has 3 rings (SSSR count). The predicted molar refractivity (Wildman–Crippen MR) is 92.6 cm³/mol. The van der Waals surface area contributed by atoms with Crippen molar-refractivity contribution >= 4 is 34.4 Å². The summed E-state index contributed by atoms with van der Waals surface area (Å²) >= 11 is 4.43. The second-order valence-corrected chi connectivity index (χ2v) is 8.02. The summed E-state index contributed by atoms with van der Waals surface area (Å²) in [5.74, 6) is 8.83. The lowest BCUT2D eigenvalue weighted by atomic mass is 9.79. The molecule has 0 amide bonds. The van der Waals surface area contributed by atoms with E-state index in [1.807, 2.05) is 11.8 Å². The second-order valence-electron chi connectivity index (χ2n) is 5.75. The summed E-state index contributed by atoms with van der Waals surface area (Å²) in [5, 5.41) is 0. The van der Waals surface area contributed by atoms with Crippen LogP contribution in [0.1, 0.15) is 30.9 Å². The van der Waals surface area contributed by atoms with Gasteiger partial charge in [0, 0.05) is 15.9 Å². The molecule has 2 saturated heterocycles. The third kappa shape index (κ3) is 3.02. The predicted octanol–water partition coefficient (Wildman–Crippen LogP) is 3.10. The topological polar surface area (TPSA) is 47.3 Å². The maximum atomic E-state index is 6.13. The number of ether oxygens (including phenoxy) is 1. The van der Waals surface area contributed by atoms with E-state index in [9.17, 15) is 0 Å². The minimum atomic E-state index is 0.114. The summed E-state index contributed by atoms with van der Waals surface area (Å²) in [6.07, 6.45) is 3.41. The third-order valence-corrected chi connectivity index (χ3v) is 6.69. The van der Waals surface area contributed by atoms with Crippen LogP contribution in [0.3, 0.4) is 0 Å². The first-order chi connectivity index (χ1) is 9.74. The van der Waals surface area contributed by atoms with E-state index in [1.165, 1.54) is 21.3 Å². The van der Waals surface area contributed by atoms with E-state index in [1.54, 1.807) is 0 Å². The Morgan fingerprint density at radius 1 is 1.45 bits per heavy atom. The number of halogens is 1. The minimum Gasteiger partial charge on any atom is -0.374 e. The van der Waals surface area contributed by atoms with Crippen LogP contribution >= 0.6 is 34.4 Å². The average Bonchev–Trinajstić information content (AvgIpc) is 2.90. The van der Waals surface area contributed by atoms with Gasteiger partial charge in [-0.15, -0.1) is 0 Å². The van der Waals surface area contributed by atoms with Gasteiger partial charge in [-0.3, -0.25) is 11.3 Å². The molecule has 1 aromatic carbocycles. The molecular weight excluding hydrogens is 383 g/mol. The van der Waals surface area contributed by atoms with Gasteiger partial charge in [-0.25, -0.2) is 0 Å². The number of thioether (sulfide) groups is 1. The lowest BCUT2D eigenvalue weighted by molar-refractivity contribution is -0.0854. The van der Waals surface area contributed by atoms with Gasteiger partial charge in [-0.2, -0.15) is 11.8 Å². The standard InChI is InChI=1S/C15H21IN2OS/c16-13-4-2-1-3-12(13)14(18-17)11-5-7-19-15(9-11)6-8-20-10-15/h1-4,11,14,18H,5-10,17H2. The van der Waals surface area contributed by atoms with E-state index in [0.717, 1.165) is 25.2 Å². The molecule has 1 spiro atoms. The monoisotopic (exact) mass is 404 g/mol. The molecule has 2 heterocycles. The van der Waals surface area contributed by atoms with Gasteiger partial charge in [0.1, 0.15) is 0 Å². The van der Waals surface area contributed by atoms with Crippen LogP contribution in [0.15, 0.2) is 24.3 Å². The van der Waals surface area contributed by atoms with Crippen molar-refractivity contribution in [2.24, 2.45) is 11.8 Å². The Labute approximate surface area is 138 Å². The largest absolute Gasteiger partial charge is 0.374 e. The highest BCUT2D eigenvalue weighted by Crippen LogP contribution is 2.44. The van der Waals surface area contributed by atoms with Crippen LogP contribution in [0, 0.1) is 9.49 Å². The molecule has 1 aromatic rings. The number of hydrogen-bond donors (Lipinski definition) is 2. The van der Waals surface area contributed by atoms with Crippen molar-refractivity contribution in [1.82, 2.24) is 5.43 Å². The molecule has 2 aliphatic rings. The van der Waals surface area contributed by atoms with Crippen LogP contribution in [-0.4, -0.2) is 23.7 Å². The first-order valence-electron chi connectivity index (χ1n) is 7.16. The maximum Gasteiger partial charge on any atom is 0.0783 e. The van der Waals surface area contributed by atoms with E-state index in [2.05, 4.69) is 52.3 Å².